The molecule has 166 valence electrons. The summed E-state index contributed by atoms with van der Waals surface area (Å²) >= 11 is -1.68. The zero-order valence-corrected chi connectivity index (χ0v) is 16.9. The summed E-state index contributed by atoms with van der Waals surface area (Å²) in [6.07, 6.45) is -11.0. The van der Waals surface area contributed by atoms with Crippen molar-refractivity contribution < 1.29 is 35.3 Å². The van der Waals surface area contributed by atoms with Crippen LogP contribution in [-0.2, 0) is 34.8 Å². The van der Waals surface area contributed by atoms with Crippen LogP contribution >= 0.6 is 0 Å². The molecule has 0 aliphatic rings. The lowest BCUT2D eigenvalue weighted by Gasteiger charge is -2.20. The summed E-state index contributed by atoms with van der Waals surface area (Å²) in [4.78, 5) is 0. The van der Waals surface area contributed by atoms with Crippen molar-refractivity contribution in [1.82, 2.24) is 9.03 Å². The van der Waals surface area contributed by atoms with Crippen molar-refractivity contribution in [3.63, 3.8) is 0 Å². The van der Waals surface area contributed by atoms with E-state index in [1.807, 2.05) is 30.3 Å². The van der Waals surface area contributed by atoms with E-state index >= 15 is 0 Å². The summed E-state index contributed by atoms with van der Waals surface area (Å²) in [5.41, 5.74) is -2.21. The van der Waals surface area contributed by atoms with Crippen molar-refractivity contribution in [3.05, 3.63) is 70.8 Å². The topological polar surface area (TPSA) is 41.6 Å². The molecule has 2 aromatic rings. The Hall–Kier alpha value is -1.95. The number of hydrogen-bond acceptors (Lipinski definition) is 2. The third kappa shape index (κ3) is 7.08. The molecular formula is C19H20F6N2O2S. The van der Waals surface area contributed by atoms with Crippen LogP contribution in [0, 0.1) is 0 Å². The van der Waals surface area contributed by atoms with Gasteiger partial charge in [0.2, 0.25) is 0 Å². The Labute approximate surface area is 172 Å². The van der Waals surface area contributed by atoms with Gasteiger partial charge in [-0.3, -0.25) is 0 Å². The van der Waals surface area contributed by atoms with Crippen LogP contribution in [0.3, 0.4) is 0 Å². The molecule has 0 heterocycles. The molecule has 0 aliphatic carbocycles. The molecule has 0 spiro atoms. The largest absolute Gasteiger partial charge is 0.416 e. The monoisotopic (exact) mass is 454 g/mol. The average Bonchev–Trinajstić information content (AvgIpc) is 2.66. The third-order valence-electron chi connectivity index (χ3n) is 4.13. The molecule has 0 saturated carbocycles. The van der Waals surface area contributed by atoms with Crippen molar-refractivity contribution in [2.24, 2.45) is 0 Å². The predicted molar refractivity (Wildman–Crippen MR) is 100 cm³/mol. The van der Waals surface area contributed by atoms with Gasteiger partial charge in [-0.1, -0.05) is 30.3 Å². The van der Waals surface area contributed by atoms with E-state index in [0.717, 1.165) is 5.56 Å². The lowest BCUT2D eigenvalue weighted by molar-refractivity contribution is -0.143. The van der Waals surface area contributed by atoms with Gasteiger partial charge in [-0.25, -0.2) is 13.2 Å². The van der Waals surface area contributed by atoms with Gasteiger partial charge >= 0.3 is 12.4 Å². The predicted octanol–water partition coefficient (Wildman–Crippen LogP) is 5.06. The molecule has 0 fully saturated rings. The van der Waals surface area contributed by atoms with E-state index in [1.54, 1.807) is 7.05 Å². The highest BCUT2D eigenvalue weighted by Crippen LogP contribution is 2.37. The van der Waals surface area contributed by atoms with Gasteiger partial charge in [0.05, 0.1) is 17.2 Å². The number of alkyl halides is 6. The van der Waals surface area contributed by atoms with E-state index in [9.17, 15) is 30.6 Å². The van der Waals surface area contributed by atoms with Gasteiger partial charge in [0, 0.05) is 13.6 Å². The minimum absolute atomic E-state index is 0.0576. The maximum atomic E-state index is 13.0. The van der Waals surface area contributed by atoms with Crippen LogP contribution in [0.25, 0.3) is 0 Å². The summed E-state index contributed by atoms with van der Waals surface area (Å²) in [5, 5.41) is 0. The number of halogens is 6. The van der Waals surface area contributed by atoms with Gasteiger partial charge in [-0.2, -0.15) is 26.3 Å². The Morgan fingerprint density at radius 2 is 1.53 bits per heavy atom. The second-order valence-electron chi connectivity index (χ2n) is 6.46. The van der Waals surface area contributed by atoms with Crippen LogP contribution in [0.2, 0.25) is 0 Å². The molecule has 4 nitrogen and oxygen atoms in total. The van der Waals surface area contributed by atoms with E-state index in [1.165, 1.54) is 11.2 Å². The lowest BCUT2D eigenvalue weighted by Crippen LogP contribution is -2.33. The SMILES string of the molecule is C[C@@H](OCNS(=O)N(C)Cc1ccccc1)c1cc(C(F)(F)F)cc(C(F)(F)F)c1. The number of hydrogen-bond donors (Lipinski definition) is 1. The van der Waals surface area contributed by atoms with Crippen LogP contribution in [0.1, 0.15) is 35.3 Å². The van der Waals surface area contributed by atoms with Crippen LogP contribution in [-0.4, -0.2) is 22.3 Å². The van der Waals surface area contributed by atoms with Crippen LogP contribution in [0.15, 0.2) is 48.5 Å². The Kier molecular flexibility index (Phi) is 8.03. The van der Waals surface area contributed by atoms with Gasteiger partial charge < -0.3 is 4.74 Å². The minimum Gasteiger partial charge on any atom is -0.358 e. The Balaban J connectivity index is 2.00. The second-order valence-corrected chi connectivity index (χ2v) is 7.87. The van der Waals surface area contributed by atoms with E-state index in [0.29, 0.717) is 18.7 Å². The van der Waals surface area contributed by atoms with Gasteiger partial charge in [0.1, 0.15) is 6.73 Å². The van der Waals surface area contributed by atoms with E-state index in [-0.39, 0.29) is 18.4 Å². The molecular weight excluding hydrogens is 434 g/mol. The zero-order chi connectivity index (χ0) is 22.5. The molecule has 0 radical (unpaired) electrons. The first kappa shape index (κ1) is 24.3. The number of rotatable bonds is 8. The van der Waals surface area contributed by atoms with E-state index < -0.39 is 40.8 Å². The number of benzene rings is 2. The molecule has 0 saturated heterocycles. The van der Waals surface area contributed by atoms with Gasteiger partial charge in [-0.05, 0) is 36.2 Å². The third-order valence-corrected chi connectivity index (χ3v) is 5.19. The molecule has 11 heteroatoms. The molecule has 0 bridgehead atoms. The van der Waals surface area contributed by atoms with Crippen molar-refractivity contribution in [1.29, 1.82) is 0 Å². The molecule has 2 rings (SSSR count). The highest BCUT2D eigenvalue weighted by atomic mass is 32.2. The summed E-state index contributed by atoms with van der Waals surface area (Å²) in [7, 11) is 1.59. The van der Waals surface area contributed by atoms with E-state index in [4.69, 9.17) is 4.74 Å². The lowest BCUT2D eigenvalue weighted by atomic mass is 10.0. The van der Waals surface area contributed by atoms with Crippen LogP contribution < -0.4 is 4.72 Å². The van der Waals surface area contributed by atoms with Gasteiger partial charge in [-0.15, -0.1) is 0 Å². The van der Waals surface area contributed by atoms with Crippen molar-refractivity contribution in [3.8, 4) is 0 Å². The molecule has 0 aromatic heterocycles. The Bertz CT molecular complexity index is 826. The smallest absolute Gasteiger partial charge is 0.358 e. The summed E-state index contributed by atoms with van der Waals surface area (Å²) < 4.78 is 99.2. The molecule has 0 amide bonds. The zero-order valence-electron chi connectivity index (χ0n) is 16.1. The Morgan fingerprint density at radius 1 is 1.00 bits per heavy atom. The second kappa shape index (κ2) is 9.90. The van der Waals surface area contributed by atoms with E-state index in [2.05, 4.69) is 4.72 Å². The molecule has 2 aromatic carbocycles. The summed E-state index contributed by atoms with van der Waals surface area (Å²) in [6, 6.07) is 10.5. The van der Waals surface area contributed by atoms with Crippen molar-refractivity contribution >= 4 is 11.2 Å². The highest BCUT2D eigenvalue weighted by molar-refractivity contribution is 7.80. The molecule has 0 aliphatic heterocycles. The fraction of sp³-hybridized carbons (Fsp3) is 0.368. The number of nitrogens with one attached hydrogen (secondary N) is 1. The van der Waals surface area contributed by atoms with Gasteiger partial charge in [0.15, 0.2) is 11.2 Å². The normalized spacial score (nSPS) is 14.7. The maximum Gasteiger partial charge on any atom is 0.416 e. The average molecular weight is 454 g/mol. The summed E-state index contributed by atoms with van der Waals surface area (Å²) in [5.74, 6) is 0. The van der Waals surface area contributed by atoms with Crippen molar-refractivity contribution in [2.75, 3.05) is 13.8 Å². The first-order valence-corrected chi connectivity index (χ1v) is 9.80. The fourth-order valence-corrected chi connectivity index (χ4v) is 3.18. The molecule has 2 atom stereocenters. The number of nitrogens with zero attached hydrogens (tertiary/aromatic N) is 1. The molecule has 30 heavy (non-hydrogen) atoms. The van der Waals surface area contributed by atoms with Crippen LogP contribution in [0.5, 0.6) is 0 Å². The molecule has 1 N–H and O–H groups in total. The Morgan fingerprint density at radius 3 is 2.03 bits per heavy atom. The first-order valence-electron chi connectivity index (χ1n) is 8.69. The van der Waals surface area contributed by atoms with Crippen LogP contribution in [0.4, 0.5) is 26.3 Å². The maximum absolute atomic E-state index is 13.0. The molecule has 1 unspecified atom stereocenters. The highest BCUT2D eigenvalue weighted by Gasteiger charge is 2.37. The minimum atomic E-state index is -4.93. The van der Waals surface area contributed by atoms with Crippen molar-refractivity contribution in [2.45, 2.75) is 31.9 Å². The fourth-order valence-electron chi connectivity index (χ4n) is 2.53. The van der Waals surface area contributed by atoms with Gasteiger partial charge in [0.25, 0.3) is 0 Å². The number of ether oxygens (including phenoxy) is 1. The first-order chi connectivity index (χ1) is 13.9. The summed E-state index contributed by atoms with van der Waals surface area (Å²) in [6.45, 7) is 1.33. The quantitative estimate of drug-likeness (QED) is 0.448. The standard InChI is InChI=1S/C19H20F6N2O2S/c1-13(15-8-16(18(20,21)22)10-17(9-15)19(23,24)25)29-12-26-30(28)27(2)11-14-6-4-3-5-7-14/h3-10,13,26H,11-12H2,1-2H3/t13-,30?/m1/s1.